The van der Waals surface area contributed by atoms with Crippen LogP contribution < -0.4 is 0 Å². The molecule has 0 aliphatic rings. The van der Waals surface area contributed by atoms with Gasteiger partial charge in [0.2, 0.25) is 0 Å². The second kappa shape index (κ2) is 69.6. The molecule has 0 N–H and O–H groups in total. The molecule has 0 fully saturated rings. The Kier molecular flexibility index (Phi) is 66.2. The van der Waals surface area contributed by atoms with Crippen LogP contribution >= 0.6 is 0 Å². The summed E-state index contributed by atoms with van der Waals surface area (Å²) in [6, 6.07) is 0. The molecule has 1 atom stereocenters. The van der Waals surface area contributed by atoms with Crippen molar-refractivity contribution in [1.82, 2.24) is 0 Å². The van der Waals surface area contributed by atoms with Crippen LogP contribution in [0.25, 0.3) is 0 Å². The van der Waals surface area contributed by atoms with Gasteiger partial charge in [-0.25, -0.2) is 0 Å². The van der Waals surface area contributed by atoms with Gasteiger partial charge < -0.3 is 14.2 Å². The molecule has 470 valence electrons. The third-order valence-corrected chi connectivity index (χ3v) is 15.0. The summed E-state index contributed by atoms with van der Waals surface area (Å²) < 4.78 is 16.9. The van der Waals surface area contributed by atoms with E-state index < -0.39 is 6.10 Å². The number of allylic oxidation sites excluding steroid dienone is 18. The number of esters is 3. The molecule has 0 aromatic carbocycles. The lowest BCUT2D eigenvalue weighted by atomic mass is 10.0. The van der Waals surface area contributed by atoms with E-state index in [0.717, 1.165) is 128 Å². The van der Waals surface area contributed by atoms with E-state index >= 15 is 0 Å². The quantitative estimate of drug-likeness (QED) is 0.0261. The van der Waals surface area contributed by atoms with E-state index in [2.05, 4.69) is 130 Å². The van der Waals surface area contributed by atoms with Gasteiger partial charge in [0.1, 0.15) is 13.2 Å². The van der Waals surface area contributed by atoms with Crippen LogP contribution in [0, 0.1) is 0 Å². The zero-order valence-corrected chi connectivity index (χ0v) is 54.0. The molecule has 0 aliphatic heterocycles. The molecule has 0 aromatic rings. The average Bonchev–Trinajstić information content (AvgIpc) is 3.47. The van der Waals surface area contributed by atoms with E-state index in [0.29, 0.717) is 19.3 Å². The number of hydrogen-bond acceptors (Lipinski definition) is 6. The Balaban J connectivity index is 4.18. The van der Waals surface area contributed by atoms with Crippen molar-refractivity contribution in [1.29, 1.82) is 0 Å². The van der Waals surface area contributed by atoms with Crippen LogP contribution in [0.2, 0.25) is 0 Å². The molecule has 0 aromatic heterocycles. The highest BCUT2D eigenvalue weighted by Crippen LogP contribution is 2.17. The Bertz CT molecular complexity index is 1640. The van der Waals surface area contributed by atoms with Crippen LogP contribution in [0.1, 0.15) is 335 Å². The minimum Gasteiger partial charge on any atom is -0.462 e. The summed E-state index contributed by atoms with van der Waals surface area (Å²) in [6.07, 6.45) is 95.4. The fourth-order valence-corrected chi connectivity index (χ4v) is 9.82. The third kappa shape index (κ3) is 66.9. The van der Waals surface area contributed by atoms with Crippen molar-refractivity contribution in [2.75, 3.05) is 13.2 Å². The normalized spacial score (nSPS) is 12.8. The van der Waals surface area contributed by atoms with Crippen molar-refractivity contribution in [2.45, 2.75) is 341 Å². The van der Waals surface area contributed by atoms with Crippen LogP contribution in [0.15, 0.2) is 109 Å². The number of unbranched alkanes of at least 4 members (excludes halogenated alkanes) is 34. The lowest BCUT2D eigenvalue weighted by Crippen LogP contribution is -2.30. The number of carbonyl (C=O) groups is 3. The predicted molar refractivity (Wildman–Crippen MR) is 357 cm³/mol. The van der Waals surface area contributed by atoms with Gasteiger partial charge in [-0.3, -0.25) is 14.4 Å². The fraction of sp³-hybridized carbons (Fsp3) is 0.724. The van der Waals surface area contributed by atoms with Gasteiger partial charge in [-0.1, -0.05) is 323 Å². The van der Waals surface area contributed by atoms with Gasteiger partial charge in [0, 0.05) is 19.3 Å². The minimum atomic E-state index is -0.783. The molecule has 82 heavy (non-hydrogen) atoms. The summed E-state index contributed by atoms with van der Waals surface area (Å²) in [5, 5.41) is 0. The van der Waals surface area contributed by atoms with Crippen LogP contribution in [0.4, 0.5) is 0 Å². The van der Waals surface area contributed by atoms with E-state index in [1.807, 2.05) is 0 Å². The Morgan fingerprint density at radius 1 is 0.256 bits per heavy atom. The Morgan fingerprint density at radius 3 is 0.793 bits per heavy atom. The minimum absolute atomic E-state index is 0.0794. The summed E-state index contributed by atoms with van der Waals surface area (Å²) in [6.45, 7) is 6.48. The Labute approximate surface area is 508 Å². The standard InChI is InChI=1S/C76H130O6/c1-4-7-10-13-16-19-22-25-27-29-30-31-32-33-34-35-36-37-38-39-40-41-42-43-44-45-46-47-49-51-54-57-60-63-66-69-75(78)81-72-73(71-80-74(77)68-65-62-59-56-53-50-24-21-18-15-12-9-6-3)82-76(79)70-67-64-61-58-55-52-48-28-26-23-20-17-14-11-8-5-2/h7,10,12,15-16,19,21,24-25,27,30-31,33-34,36-37,39-40,73H,4-6,8-9,11,13-14,17-18,20,22-23,26,28-29,32,35,38,41-72H2,1-3H3/b10-7-,15-12-,19-16-,24-21-,27-25-,31-30-,34-33-,37-36-,40-39-. The van der Waals surface area contributed by atoms with Crippen LogP contribution in [0.5, 0.6) is 0 Å². The van der Waals surface area contributed by atoms with Crippen molar-refractivity contribution < 1.29 is 28.6 Å². The first-order chi connectivity index (χ1) is 40.5. The van der Waals surface area contributed by atoms with E-state index in [1.54, 1.807) is 0 Å². The maximum Gasteiger partial charge on any atom is 0.306 e. The zero-order valence-electron chi connectivity index (χ0n) is 54.0. The molecule has 0 saturated heterocycles. The van der Waals surface area contributed by atoms with Crippen LogP contribution in [0.3, 0.4) is 0 Å². The van der Waals surface area contributed by atoms with Gasteiger partial charge in [0.25, 0.3) is 0 Å². The summed E-state index contributed by atoms with van der Waals surface area (Å²) in [4.78, 5) is 38.3. The molecule has 0 bridgehead atoms. The van der Waals surface area contributed by atoms with E-state index in [-0.39, 0.29) is 31.1 Å². The Hall–Kier alpha value is -3.93. The number of ether oxygens (including phenoxy) is 3. The first-order valence-electron chi connectivity index (χ1n) is 34.9. The fourth-order valence-electron chi connectivity index (χ4n) is 9.82. The average molecular weight is 1140 g/mol. The van der Waals surface area contributed by atoms with Crippen LogP contribution in [-0.2, 0) is 28.6 Å². The summed E-state index contributed by atoms with van der Waals surface area (Å²) in [5.74, 6) is -0.880. The molecule has 0 aliphatic carbocycles. The van der Waals surface area contributed by atoms with Gasteiger partial charge >= 0.3 is 17.9 Å². The van der Waals surface area contributed by atoms with E-state index in [4.69, 9.17) is 14.2 Å². The molecule has 1 unspecified atom stereocenters. The molecular formula is C76H130O6. The molecule has 0 saturated carbocycles. The third-order valence-electron chi connectivity index (χ3n) is 15.0. The van der Waals surface area contributed by atoms with Gasteiger partial charge in [-0.05, 0) is 103 Å². The number of rotatable bonds is 63. The highest BCUT2D eigenvalue weighted by molar-refractivity contribution is 5.71. The van der Waals surface area contributed by atoms with Gasteiger partial charge in [0.15, 0.2) is 6.10 Å². The monoisotopic (exact) mass is 1140 g/mol. The largest absolute Gasteiger partial charge is 0.462 e. The van der Waals surface area contributed by atoms with Crippen molar-refractivity contribution in [3.63, 3.8) is 0 Å². The molecule has 0 radical (unpaired) electrons. The zero-order chi connectivity index (χ0) is 59.2. The van der Waals surface area contributed by atoms with E-state index in [9.17, 15) is 14.4 Å². The molecule has 0 rings (SSSR count). The molecule has 0 heterocycles. The molecule has 0 amide bonds. The second-order valence-electron chi connectivity index (χ2n) is 23.1. The Morgan fingerprint density at radius 2 is 0.500 bits per heavy atom. The predicted octanol–water partition coefficient (Wildman–Crippen LogP) is 24.2. The lowest BCUT2D eigenvalue weighted by Gasteiger charge is -2.18. The number of hydrogen-bond donors (Lipinski definition) is 0. The maximum absolute atomic E-state index is 12.9. The summed E-state index contributed by atoms with van der Waals surface area (Å²) in [5.41, 5.74) is 0. The van der Waals surface area contributed by atoms with Crippen molar-refractivity contribution in [3.05, 3.63) is 109 Å². The number of carbonyl (C=O) groups excluding carboxylic acids is 3. The first-order valence-corrected chi connectivity index (χ1v) is 34.9. The van der Waals surface area contributed by atoms with Crippen molar-refractivity contribution >= 4 is 17.9 Å². The van der Waals surface area contributed by atoms with Crippen LogP contribution in [-0.4, -0.2) is 37.2 Å². The molecule has 6 heteroatoms. The lowest BCUT2D eigenvalue weighted by molar-refractivity contribution is -0.167. The first kappa shape index (κ1) is 78.1. The molecular weight excluding hydrogens is 1010 g/mol. The summed E-state index contributed by atoms with van der Waals surface area (Å²) >= 11 is 0. The summed E-state index contributed by atoms with van der Waals surface area (Å²) in [7, 11) is 0. The topological polar surface area (TPSA) is 78.9 Å². The van der Waals surface area contributed by atoms with E-state index in [1.165, 1.54) is 167 Å². The van der Waals surface area contributed by atoms with Crippen molar-refractivity contribution in [2.24, 2.45) is 0 Å². The SMILES string of the molecule is CC/C=C\C/C=C\C/C=C\C/C=C\C/C=C\C/C=C\C/C=C\CCCCCCCCCCCCCCCC(=O)OCC(COC(=O)CCCCCCC/C=C\C/C=C\CCC)OC(=O)CCCCCCCCCCCCCCCCCC. The smallest absolute Gasteiger partial charge is 0.306 e. The highest BCUT2D eigenvalue weighted by Gasteiger charge is 2.19. The van der Waals surface area contributed by atoms with Gasteiger partial charge in [-0.2, -0.15) is 0 Å². The molecule has 0 spiro atoms. The van der Waals surface area contributed by atoms with Crippen molar-refractivity contribution in [3.8, 4) is 0 Å². The highest BCUT2D eigenvalue weighted by atomic mass is 16.6. The van der Waals surface area contributed by atoms with Gasteiger partial charge in [-0.15, -0.1) is 0 Å². The second-order valence-corrected chi connectivity index (χ2v) is 23.1. The maximum atomic E-state index is 12.9. The van der Waals surface area contributed by atoms with Gasteiger partial charge in [0.05, 0.1) is 0 Å². The molecule has 6 nitrogen and oxygen atoms in total.